The smallest absolute Gasteiger partial charge is 0.263 e. The van der Waals surface area contributed by atoms with Crippen LogP contribution in [-0.4, -0.2) is 14.5 Å². The number of nitrogens with zero attached hydrogens (tertiary/aromatic N) is 3. The van der Waals surface area contributed by atoms with Crippen LogP contribution < -0.4 is 5.56 Å². The van der Waals surface area contributed by atoms with E-state index in [1.165, 1.54) is 22.5 Å². The minimum atomic E-state index is -0.00914. The van der Waals surface area contributed by atoms with E-state index in [4.69, 9.17) is 0 Å². The number of fused-ring (bicyclic) bond motifs is 1. The second-order valence-electron chi connectivity index (χ2n) is 6.16. The molecular formula is C19H17N3OS2. The molecule has 25 heavy (non-hydrogen) atoms. The lowest BCUT2D eigenvalue weighted by atomic mass is 10.0. The number of benzene rings is 1. The summed E-state index contributed by atoms with van der Waals surface area (Å²) in [5, 5.41) is 5.72. The van der Waals surface area contributed by atoms with Crippen molar-refractivity contribution in [3.05, 3.63) is 67.5 Å². The van der Waals surface area contributed by atoms with Gasteiger partial charge in [0.05, 0.1) is 29.0 Å². The SMILES string of the molecule is Cc1nc(Cn2cnc3scc(-c4ccc(C)c(C)c4)c3c2=O)cs1. The minimum Gasteiger partial charge on any atom is -0.293 e. The molecule has 4 nitrogen and oxygen atoms in total. The summed E-state index contributed by atoms with van der Waals surface area (Å²) in [6, 6.07) is 6.31. The molecule has 6 heteroatoms. The van der Waals surface area contributed by atoms with Gasteiger partial charge in [0, 0.05) is 16.3 Å². The van der Waals surface area contributed by atoms with Crippen LogP contribution >= 0.6 is 22.7 Å². The van der Waals surface area contributed by atoms with Crippen molar-refractivity contribution in [2.75, 3.05) is 0 Å². The van der Waals surface area contributed by atoms with Gasteiger partial charge in [-0.25, -0.2) is 9.97 Å². The van der Waals surface area contributed by atoms with Gasteiger partial charge in [-0.05, 0) is 37.5 Å². The molecule has 0 N–H and O–H groups in total. The van der Waals surface area contributed by atoms with Gasteiger partial charge >= 0.3 is 0 Å². The Bertz CT molecular complexity index is 1140. The summed E-state index contributed by atoms with van der Waals surface area (Å²) in [5.74, 6) is 0. The zero-order valence-corrected chi connectivity index (χ0v) is 15.9. The minimum absolute atomic E-state index is 0.00914. The molecule has 0 spiro atoms. The highest BCUT2D eigenvalue weighted by Gasteiger charge is 2.14. The van der Waals surface area contributed by atoms with Crippen LogP contribution in [0.4, 0.5) is 0 Å². The maximum Gasteiger partial charge on any atom is 0.263 e. The van der Waals surface area contributed by atoms with Crippen LogP contribution in [-0.2, 0) is 6.54 Å². The van der Waals surface area contributed by atoms with Gasteiger partial charge < -0.3 is 0 Å². The third-order valence-electron chi connectivity index (χ3n) is 4.38. The molecule has 0 aliphatic rings. The van der Waals surface area contributed by atoms with E-state index >= 15 is 0 Å². The highest BCUT2D eigenvalue weighted by molar-refractivity contribution is 7.17. The van der Waals surface area contributed by atoms with Gasteiger partial charge in [-0.2, -0.15) is 0 Å². The lowest BCUT2D eigenvalue weighted by Gasteiger charge is -2.06. The predicted molar refractivity (Wildman–Crippen MR) is 105 cm³/mol. The zero-order chi connectivity index (χ0) is 17.6. The van der Waals surface area contributed by atoms with Crippen molar-refractivity contribution in [3.8, 4) is 11.1 Å². The molecule has 126 valence electrons. The summed E-state index contributed by atoms with van der Waals surface area (Å²) in [6.45, 7) is 6.60. The first-order valence-corrected chi connectivity index (χ1v) is 9.74. The van der Waals surface area contributed by atoms with E-state index in [0.717, 1.165) is 26.7 Å². The van der Waals surface area contributed by atoms with Gasteiger partial charge in [0.25, 0.3) is 5.56 Å². The van der Waals surface area contributed by atoms with E-state index in [1.807, 2.05) is 17.7 Å². The Morgan fingerprint density at radius 3 is 2.64 bits per heavy atom. The van der Waals surface area contributed by atoms with E-state index in [-0.39, 0.29) is 5.56 Å². The van der Waals surface area contributed by atoms with Gasteiger partial charge in [0.15, 0.2) is 0 Å². The van der Waals surface area contributed by atoms with Gasteiger partial charge in [-0.3, -0.25) is 9.36 Å². The van der Waals surface area contributed by atoms with Crippen molar-refractivity contribution < 1.29 is 0 Å². The number of thiazole rings is 1. The van der Waals surface area contributed by atoms with Crippen LogP contribution in [0, 0.1) is 20.8 Å². The normalized spacial score (nSPS) is 11.3. The molecule has 0 amide bonds. The molecule has 0 unspecified atom stereocenters. The third-order valence-corrected chi connectivity index (χ3v) is 6.09. The molecule has 0 bridgehead atoms. The third kappa shape index (κ3) is 2.92. The van der Waals surface area contributed by atoms with Crippen molar-refractivity contribution >= 4 is 32.9 Å². The fraction of sp³-hybridized carbons (Fsp3) is 0.211. The molecule has 0 saturated carbocycles. The van der Waals surface area contributed by atoms with Crippen molar-refractivity contribution in [2.24, 2.45) is 0 Å². The quantitative estimate of drug-likeness (QED) is 0.533. The van der Waals surface area contributed by atoms with Crippen LogP contribution in [0.5, 0.6) is 0 Å². The average molecular weight is 367 g/mol. The van der Waals surface area contributed by atoms with Gasteiger partial charge in [-0.15, -0.1) is 22.7 Å². The standard InChI is InChI=1S/C19H17N3OS2/c1-11-4-5-14(6-12(11)2)16-9-25-18-17(16)19(23)22(10-20-18)7-15-8-24-13(3)21-15/h4-6,8-10H,7H2,1-3H3. The molecule has 4 rings (SSSR count). The molecular weight excluding hydrogens is 350 g/mol. The Morgan fingerprint density at radius 2 is 1.92 bits per heavy atom. The number of hydrogen-bond donors (Lipinski definition) is 0. The number of rotatable bonds is 3. The fourth-order valence-corrected chi connectivity index (χ4v) is 4.37. The van der Waals surface area contributed by atoms with Crippen molar-refractivity contribution in [1.82, 2.24) is 14.5 Å². The molecule has 0 aliphatic heterocycles. The number of aryl methyl sites for hydroxylation is 3. The van der Waals surface area contributed by atoms with Crippen molar-refractivity contribution in [1.29, 1.82) is 0 Å². The lowest BCUT2D eigenvalue weighted by Crippen LogP contribution is -2.21. The Morgan fingerprint density at radius 1 is 1.08 bits per heavy atom. The number of aromatic nitrogens is 3. The average Bonchev–Trinajstić information content (AvgIpc) is 3.19. The first-order valence-electron chi connectivity index (χ1n) is 7.98. The van der Waals surface area contributed by atoms with Crippen LogP contribution in [0.2, 0.25) is 0 Å². The Kier molecular flexibility index (Phi) is 4.01. The van der Waals surface area contributed by atoms with Crippen LogP contribution in [0.25, 0.3) is 21.3 Å². The summed E-state index contributed by atoms with van der Waals surface area (Å²) in [7, 11) is 0. The zero-order valence-electron chi connectivity index (χ0n) is 14.2. The topological polar surface area (TPSA) is 47.8 Å². The summed E-state index contributed by atoms with van der Waals surface area (Å²) in [4.78, 5) is 22.8. The first-order chi connectivity index (χ1) is 12.0. The molecule has 0 radical (unpaired) electrons. The molecule has 3 aromatic heterocycles. The van der Waals surface area contributed by atoms with E-state index < -0.39 is 0 Å². The molecule has 0 saturated heterocycles. The monoisotopic (exact) mass is 367 g/mol. The predicted octanol–water partition coefficient (Wildman–Crippen LogP) is 4.56. The highest BCUT2D eigenvalue weighted by atomic mass is 32.1. The summed E-state index contributed by atoms with van der Waals surface area (Å²) in [6.07, 6.45) is 1.63. The van der Waals surface area contributed by atoms with E-state index in [9.17, 15) is 4.79 Å². The fourth-order valence-electron chi connectivity index (χ4n) is 2.86. The van der Waals surface area contributed by atoms with E-state index in [1.54, 1.807) is 22.2 Å². The van der Waals surface area contributed by atoms with Crippen LogP contribution in [0.1, 0.15) is 21.8 Å². The van der Waals surface area contributed by atoms with Gasteiger partial charge in [0.1, 0.15) is 4.83 Å². The Balaban J connectivity index is 1.85. The summed E-state index contributed by atoms with van der Waals surface area (Å²) in [5.41, 5.74) is 5.38. The largest absolute Gasteiger partial charge is 0.293 e. The second-order valence-corrected chi connectivity index (χ2v) is 8.08. The Hall–Kier alpha value is -2.31. The van der Waals surface area contributed by atoms with Crippen molar-refractivity contribution in [3.63, 3.8) is 0 Å². The van der Waals surface area contributed by atoms with Gasteiger partial charge in [-0.1, -0.05) is 18.2 Å². The number of thiophene rings is 1. The molecule has 0 aliphatic carbocycles. The maximum atomic E-state index is 13.1. The van der Waals surface area contributed by atoms with Crippen LogP contribution in [0.15, 0.2) is 40.1 Å². The lowest BCUT2D eigenvalue weighted by molar-refractivity contribution is 0.733. The second kappa shape index (κ2) is 6.20. The molecule has 4 aromatic rings. The van der Waals surface area contributed by atoms with E-state index in [2.05, 4.69) is 42.0 Å². The van der Waals surface area contributed by atoms with Crippen LogP contribution in [0.3, 0.4) is 0 Å². The van der Waals surface area contributed by atoms with Crippen molar-refractivity contribution in [2.45, 2.75) is 27.3 Å². The molecule has 3 heterocycles. The van der Waals surface area contributed by atoms with Gasteiger partial charge in [0.2, 0.25) is 0 Å². The summed E-state index contributed by atoms with van der Waals surface area (Å²) < 4.78 is 1.65. The first kappa shape index (κ1) is 16.2. The molecule has 0 atom stereocenters. The number of hydrogen-bond acceptors (Lipinski definition) is 5. The maximum absolute atomic E-state index is 13.1. The molecule has 0 fully saturated rings. The Labute approximate surface area is 153 Å². The van der Waals surface area contributed by atoms with E-state index in [0.29, 0.717) is 11.9 Å². The summed E-state index contributed by atoms with van der Waals surface area (Å²) >= 11 is 3.11. The highest BCUT2D eigenvalue weighted by Crippen LogP contribution is 2.31. The molecule has 1 aromatic carbocycles.